The van der Waals surface area contributed by atoms with Gasteiger partial charge in [-0.15, -0.1) is 0 Å². The monoisotopic (exact) mass is 227 g/mol. The number of hydrogen-bond acceptors (Lipinski definition) is 0. The largest absolute Gasteiger partial charge is 2.00 e. The van der Waals surface area contributed by atoms with Crippen molar-refractivity contribution in [3.8, 4) is 0 Å². The molecule has 0 atom stereocenters. The van der Waals surface area contributed by atoms with Gasteiger partial charge in [0.25, 0.3) is 0 Å². The molecule has 0 aliphatic carbocycles. The van der Waals surface area contributed by atoms with Gasteiger partial charge < -0.3 is 34.9 Å². The summed E-state index contributed by atoms with van der Waals surface area (Å²) in [6.07, 6.45) is 0. The summed E-state index contributed by atoms with van der Waals surface area (Å²) in [5, 5.41) is 0. The molecule has 0 rings (SSSR count). The zero-order valence-corrected chi connectivity index (χ0v) is 7.21. The third kappa shape index (κ3) is 10.4. The molecule has 24 valence electrons. The molecular weight excluding hydrogens is 224 g/mol. The molecule has 0 saturated carbocycles. The molecule has 0 aromatic carbocycles. The van der Waals surface area contributed by atoms with Crippen LogP contribution in [0.15, 0.2) is 0 Å². The Morgan fingerprint density at radius 2 is 0.750 bits per heavy atom. The van der Waals surface area contributed by atoms with Gasteiger partial charge in [-0.1, -0.05) is 0 Å². The molecule has 0 fully saturated rings. The summed E-state index contributed by atoms with van der Waals surface area (Å²) in [6.45, 7) is 0. The zero-order chi connectivity index (χ0) is 0. The predicted molar refractivity (Wildman–Crippen MR) is 7.23 cm³/mol. The fraction of sp³-hybridized carbons (Fsp3) is 0. The molecule has 0 spiro atoms. The molecule has 0 aliphatic rings. The van der Waals surface area contributed by atoms with Crippen molar-refractivity contribution in [2.45, 2.75) is 0 Å². The van der Waals surface area contributed by atoms with Crippen LogP contribution in [-0.4, -0.2) is 11.0 Å². The van der Waals surface area contributed by atoms with Crippen LogP contribution in [0, 0.1) is 0 Å². The van der Waals surface area contributed by atoms with Crippen LogP contribution in [0.1, 0.15) is 0 Å². The molecule has 0 aromatic heterocycles. The maximum Gasteiger partial charge on any atom is 2.00 e. The first-order chi connectivity index (χ1) is 0. The van der Waals surface area contributed by atoms with Crippen molar-refractivity contribution in [2.75, 3.05) is 0 Å². The van der Waals surface area contributed by atoms with Gasteiger partial charge in [-0.3, -0.25) is 0 Å². The average Bonchev–Trinajstić information content (AvgIpc) is 0. The Balaban J connectivity index is 0. The molecule has 0 radical (unpaired) electrons. The summed E-state index contributed by atoms with van der Waals surface area (Å²) in [5.74, 6) is 0. The zero-order valence-electron chi connectivity index (χ0n) is 2.09. The molecule has 2 nitrogen and oxygen atoms in total. The molecule has 4 N–H and O–H groups in total. The van der Waals surface area contributed by atoms with Gasteiger partial charge >= 0.3 is 19.5 Å². The SMILES string of the molecule is O.O.[I-].[Zn+2]. The van der Waals surface area contributed by atoms with Crippen LogP contribution in [0.3, 0.4) is 0 Å². The van der Waals surface area contributed by atoms with Crippen molar-refractivity contribution in [1.82, 2.24) is 0 Å². The molecule has 0 amide bonds. The third-order valence-corrected chi connectivity index (χ3v) is 0. The molecular formula is H4IO2Zn+. The van der Waals surface area contributed by atoms with Gasteiger partial charge in [-0.25, -0.2) is 0 Å². The summed E-state index contributed by atoms with van der Waals surface area (Å²) in [5.41, 5.74) is 0. The van der Waals surface area contributed by atoms with Crippen molar-refractivity contribution in [1.29, 1.82) is 0 Å². The molecule has 0 bridgehead atoms. The summed E-state index contributed by atoms with van der Waals surface area (Å²) in [6, 6.07) is 0. The van der Waals surface area contributed by atoms with E-state index in [-0.39, 0.29) is 54.4 Å². The van der Waals surface area contributed by atoms with Gasteiger partial charge in [0.15, 0.2) is 0 Å². The van der Waals surface area contributed by atoms with E-state index in [2.05, 4.69) is 0 Å². The third-order valence-electron chi connectivity index (χ3n) is 0. The first-order valence-corrected chi connectivity index (χ1v) is 0. The van der Waals surface area contributed by atoms with Crippen LogP contribution in [0.5, 0.6) is 0 Å². The standard InChI is InChI=1S/HI.2H2O.Zn/h1H;2*1H2;/q;;;+2/p-1. The van der Waals surface area contributed by atoms with E-state index in [4.69, 9.17) is 0 Å². The number of halogens is 1. The molecule has 0 unspecified atom stereocenters. The van der Waals surface area contributed by atoms with Crippen LogP contribution in [0.4, 0.5) is 0 Å². The molecule has 0 heterocycles. The van der Waals surface area contributed by atoms with Crippen molar-refractivity contribution >= 4 is 0 Å². The number of rotatable bonds is 0. The van der Waals surface area contributed by atoms with Gasteiger partial charge in [0.2, 0.25) is 0 Å². The van der Waals surface area contributed by atoms with E-state index in [0.29, 0.717) is 0 Å². The minimum Gasteiger partial charge on any atom is -1.00 e. The molecule has 0 aliphatic heterocycles. The van der Waals surface area contributed by atoms with E-state index in [1.54, 1.807) is 0 Å². The second-order valence-electron chi connectivity index (χ2n) is 0. The normalized spacial score (nSPS) is 0. The van der Waals surface area contributed by atoms with Gasteiger partial charge in [-0.05, 0) is 0 Å². The quantitative estimate of drug-likeness (QED) is 0.296. The van der Waals surface area contributed by atoms with Gasteiger partial charge in [0.05, 0.1) is 0 Å². The van der Waals surface area contributed by atoms with E-state index in [1.807, 2.05) is 0 Å². The minimum absolute atomic E-state index is 0. The van der Waals surface area contributed by atoms with Crippen LogP contribution in [0.25, 0.3) is 0 Å². The second-order valence-corrected chi connectivity index (χ2v) is 0. The fourth-order valence-electron chi connectivity index (χ4n) is 0. The summed E-state index contributed by atoms with van der Waals surface area (Å²) < 4.78 is 0. The van der Waals surface area contributed by atoms with Crippen LogP contribution in [-0.2, 0) is 19.5 Å². The Morgan fingerprint density at radius 3 is 0.750 bits per heavy atom. The van der Waals surface area contributed by atoms with Crippen LogP contribution < -0.4 is 24.0 Å². The molecule has 4 heteroatoms. The Hall–Kier alpha value is 1.27. The summed E-state index contributed by atoms with van der Waals surface area (Å²) >= 11 is 0. The maximum absolute atomic E-state index is 0. The van der Waals surface area contributed by atoms with E-state index in [0.717, 1.165) is 0 Å². The minimum atomic E-state index is 0. The van der Waals surface area contributed by atoms with Crippen molar-refractivity contribution < 1.29 is 54.4 Å². The predicted octanol–water partition coefficient (Wildman–Crippen LogP) is -4.65. The second kappa shape index (κ2) is 28.2. The Bertz CT molecular complexity index is 6.00. The van der Waals surface area contributed by atoms with E-state index in [1.165, 1.54) is 0 Å². The Morgan fingerprint density at radius 1 is 0.750 bits per heavy atom. The smallest absolute Gasteiger partial charge is 1.00 e. The van der Waals surface area contributed by atoms with Crippen molar-refractivity contribution in [3.63, 3.8) is 0 Å². The Kier molecular flexibility index (Phi) is 419. The van der Waals surface area contributed by atoms with Crippen molar-refractivity contribution in [2.24, 2.45) is 0 Å². The summed E-state index contributed by atoms with van der Waals surface area (Å²) in [4.78, 5) is 0. The maximum atomic E-state index is 0. The first-order valence-electron chi connectivity index (χ1n) is 0. The summed E-state index contributed by atoms with van der Waals surface area (Å²) in [7, 11) is 0. The van der Waals surface area contributed by atoms with E-state index < -0.39 is 0 Å². The van der Waals surface area contributed by atoms with Gasteiger partial charge in [0.1, 0.15) is 0 Å². The van der Waals surface area contributed by atoms with E-state index in [9.17, 15) is 0 Å². The molecule has 0 aromatic rings. The molecule has 4 heavy (non-hydrogen) atoms. The van der Waals surface area contributed by atoms with Gasteiger partial charge in [-0.2, -0.15) is 0 Å². The van der Waals surface area contributed by atoms with Gasteiger partial charge in [0, 0.05) is 0 Å². The van der Waals surface area contributed by atoms with Crippen LogP contribution in [0.2, 0.25) is 0 Å². The first kappa shape index (κ1) is 59.4. The van der Waals surface area contributed by atoms with Crippen molar-refractivity contribution in [3.05, 3.63) is 0 Å². The molecule has 0 saturated heterocycles. The fourth-order valence-corrected chi connectivity index (χ4v) is 0. The van der Waals surface area contributed by atoms with E-state index >= 15 is 0 Å². The Labute approximate surface area is 54.4 Å². The number of hydrogen-bond donors (Lipinski definition) is 0. The topological polar surface area (TPSA) is 63.0 Å². The van der Waals surface area contributed by atoms with Crippen LogP contribution >= 0.6 is 0 Å². The average molecular weight is 228 g/mol.